The molecule has 0 spiro atoms. The van der Waals surface area contributed by atoms with Crippen molar-refractivity contribution in [2.75, 3.05) is 5.32 Å². The monoisotopic (exact) mass is 458 g/mol. The maximum Gasteiger partial charge on any atom is 0.256 e. The maximum atomic E-state index is 13.5. The summed E-state index contributed by atoms with van der Waals surface area (Å²) in [5.41, 5.74) is 1.59. The number of thiazole rings is 1. The standard InChI is InChI=1S/C22H26N4O3S2/c1-12(2)11-15(17(27)25-21-23-9-10-30-21)24-18(28)16-22(3,4)31-20-14-8-6-5-7-13(14)19(29)26(16)20/h5-10,12,15-16,20H,11H2,1-4H3,(H,24,28)(H,23,25,27)/t15-,16+,20+/m0/s1. The minimum Gasteiger partial charge on any atom is -0.342 e. The number of hydrogen-bond acceptors (Lipinski definition) is 6. The predicted octanol–water partition coefficient (Wildman–Crippen LogP) is 3.66. The number of carbonyl (C=O) groups excluding carboxylic acids is 3. The van der Waals surface area contributed by atoms with Crippen LogP contribution in [0, 0.1) is 5.92 Å². The normalized spacial score (nSPS) is 22.2. The van der Waals surface area contributed by atoms with Crippen molar-refractivity contribution in [3.8, 4) is 0 Å². The molecule has 31 heavy (non-hydrogen) atoms. The Morgan fingerprint density at radius 3 is 2.68 bits per heavy atom. The predicted molar refractivity (Wildman–Crippen MR) is 123 cm³/mol. The maximum absolute atomic E-state index is 13.5. The highest BCUT2D eigenvalue weighted by Crippen LogP contribution is 2.56. The van der Waals surface area contributed by atoms with Crippen molar-refractivity contribution in [2.24, 2.45) is 5.92 Å². The number of fused-ring (bicyclic) bond motifs is 3. The minimum atomic E-state index is -0.712. The van der Waals surface area contributed by atoms with E-state index in [2.05, 4.69) is 15.6 Å². The van der Waals surface area contributed by atoms with Gasteiger partial charge < -0.3 is 15.5 Å². The number of hydrogen-bond donors (Lipinski definition) is 2. The van der Waals surface area contributed by atoms with Gasteiger partial charge in [-0.3, -0.25) is 14.4 Å². The van der Waals surface area contributed by atoms with E-state index >= 15 is 0 Å². The molecule has 4 rings (SSSR count). The molecule has 7 nitrogen and oxygen atoms in total. The molecule has 1 aromatic heterocycles. The summed E-state index contributed by atoms with van der Waals surface area (Å²) in [6.07, 6.45) is 2.10. The van der Waals surface area contributed by atoms with Gasteiger partial charge in [0.15, 0.2) is 5.13 Å². The van der Waals surface area contributed by atoms with Crippen LogP contribution in [0.15, 0.2) is 35.8 Å². The van der Waals surface area contributed by atoms with Crippen LogP contribution in [0.1, 0.15) is 55.4 Å². The molecule has 0 radical (unpaired) electrons. The Morgan fingerprint density at radius 2 is 2.00 bits per heavy atom. The van der Waals surface area contributed by atoms with E-state index in [-0.39, 0.29) is 29.0 Å². The lowest BCUT2D eigenvalue weighted by Gasteiger charge is -2.31. The first-order valence-corrected chi connectivity index (χ1v) is 12.0. The van der Waals surface area contributed by atoms with Gasteiger partial charge in [-0.25, -0.2) is 4.98 Å². The second-order valence-corrected chi connectivity index (χ2v) is 11.4. The van der Waals surface area contributed by atoms with E-state index in [1.807, 2.05) is 52.0 Å². The highest BCUT2D eigenvalue weighted by atomic mass is 32.2. The molecule has 0 bridgehead atoms. The molecule has 164 valence electrons. The molecular formula is C22H26N4O3S2. The Morgan fingerprint density at radius 1 is 1.26 bits per heavy atom. The largest absolute Gasteiger partial charge is 0.342 e. The fourth-order valence-corrected chi connectivity index (χ4v) is 6.36. The smallest absolute Gasteiger partial charge is 0.256 e. The number of rotatable bonds is 6. The van der Waals surface area contributed by atoms with Crippen LogP contribution in [0.2, 0.25) is 0 Å². The summed E-state index contributed by atoms with van der Waals surface area (Å²) in [4.78, 5) is 45.3. The lowest BCUT2D eigenvalue weighted by Crippen LogP contribution is -2.56. The van der Waals surface area contributed by atoms with Gasteiger partial charge in [0.2, 0.25) is 11.8 Å². The Balaban J connectivity index is 1.56. The lowest BCUT2D eigenvalue weighted by molar-refractivity contribution is -0.130. The van der Waals surface area contributed by atoms with Crippen LogP contribution in [0.5, 0.6) is 0 Å². The second-order valence-electron chi connectivity index (χ2n) is 8.79. The van der Waals surface area contributed by atoms with Crippen molar-refractivity contribution in [3.63, 3.8) is 0 Å². The SMILES string of the molecule is CC(C)C[C@H](NC(=O)[C@H]1N2C(=O)c3ccccc3[C@H]2SC1(C)C)C(=O)Nc1nccs1. The van der Waals surface area contributed by atoms with E-state index in [1.54, 1.807) is 28.2 Å². The molecule has 3 heterocycles. The molecule has 9 heteroatoms. The zero-order valence-corrected chi connectivity index (χ0v) is 19.5. The van der Waals surface area contributed by atoms with Crippen LogP contribution < -0.4 is 10.6 Å². The topological polar surface area (TPSA) is 91.4 Å². The summed E-state index contributed by atoms with van der Waals surface area (Å²) in [5, 5.41) is 7.80. The number of carbonyl (C=O) groups is 3. The van der Waals surface area contributed by atoms with Crippen molar-refractivity contribution in [1.29, 1.82) is 0 Å². The van der Waals surface area contributed by atoms with Crippen molar-refractivity contribution < 1.29 is 14.4 Å². The van der Waals surface area contributed by atoms with E-state index in [0.717, 1.165) is 5.56 Å². The number of amides is 3. The lowest BCUT2D eigenvalue weighted by atomic mass is 9.98. The van der Waals surface area contributed by atoms with E-state index in [1.165, 1.54) is 11.3 Å². The molecule has 0 unspecified atom stereocenters. The van der Waals surface area contributed by atoms with Crippen molar-refractivity contribution in [2.45, 2.75) is 56.3 Å². The number of thioether (sulfide) groups is 1. The Kier molecular flexibility index (Phi) is 5.83. The summed E-state index contributed by atoms with van der Waals surface area (Å²) in [6, 6.07) is 6.12. The Hall–Kier alpha value is -2.39. The molecule has 1 saturated heterocycles. The van der Waals surface area contributed by atoms with Gasteiger partial charge >= 0.3 is 0 Å². The minimum absolute atomic E-state index is 0.133. The van der Waals surface area contributed by atoms with Gasteiger partial charge in [0.25, 0.3) is 5.91 Å². The molecule has 2 aliphatic rings. The molecule has 1 aromatic carbocycles. The van der Waals surface area contributed by atoms with Crippen molar-refractivity contribution in [1.82, 2.24) is 15.2 Å². The number of aromatic nitrogens is 1. The highest BCUT2D eigenvalue weighted by Gasteiger charge is 2.57. The molecule has 0 saturated carbocycles. The summed E-state index contributed by atoms with van der Waals surface area (Å²) < 4.78 is -0.494. The van der Waals surface area contributed by atoms with E-state index in [4.69, 9.17) is 0 Å². The zero-order chi connectivity index (χ0) is 22.3. The Labute approximate surface area is 190 Å². The quantitative estimate of drug-likeness (QED) is 0.689. The number of benzene rings is 1. The number of anilines is 1. The molecule has 3 atom stereocenters. The first-order chi connectivity index (χ1) is 14.7. The molecule has 3 amide bonds. The summed E-state index contributed by atoms with van der Waals surface area (Å²) in [6.45, 7) is 7.95. The second kappa shape index (κ2) is 8.27. The molecule has 1 fully saturated rings. The van der Waals surface area contributed by atoms with E-state index in [0.29, 0.717) is 17.1 Å². The third-order valence-corrected chi connectivity index (χ3v) is 7.77. The van der Waals surface area contributed by atoms with Crippen LogP contribution in [0.25, 0.3) is 0 Å². The van der Waals surface area contributed by atoms with E-state index in [9.17, 15) is 14.4 Å². The molecular weight excluding hydrogens is 432 g/mol. The van der Waals surface area contributed by atoms with Crippen molar-refractivity contribution in [3.05, 3.63) is 47.0 Å². The summed E-state index contributed by atoms with van der Waals surface area (Å²) >= 11 is 2.94. The molecule has 2 N–H and O–H groups in total. The van der Waals surface area contributed by atoms with Crippen LogP contribution in [-0.4, -0.2) is 44.4 Å². The fraction of sp³-hybridized carbons (Fsp3) is 0.455. The summed E-state index contributed by atoms with van der Waals surface area (Å²) in [7, 11) is 0. The van der Waals surface area contributed by atoms with Crippen LogP contribution in [0.3, 0.4) is 0 Å². The van der Waals surface area contributed by atoms with Crippen molar-refractivity contribution >= 4 is 46.0 Å². The third kappa shape index (κ3) is 4.08. The molecule has 2 aliphatic heterocycles. The van der Waals surface area contributed by atoms with Gasteiger partial charge in [0.1, 0.15) is 17.5 Å². The average molecular weight is 459 g/mol. The third-order valence-electron chi connectivity index (χ3n) is 5.55. The van der Waals surface area contributed by atoms with Gasteiger partial charge in [-0.2, -0.15) is 0 Å². The average Bonchev–Trinajstić information content (AvgIpc) is 3.37. The van der Waals surface area contributed by atoms with Gasteiger partial charge in [-0.1, -0.05) is 32.0 Å². The molecule has 0 aliphatic carbocycles. The zero-order valence-electron chi connectivity index (χ0n) is 17.9. The number of nitrogens with zero attached hydrogens (tertiary/aromatic N) is 2. The van der Waals surface area contributed by atoms with Gasteiger partial charge in [0.05, 0.1) is 0 Å². The van der Waals surface area contributed by atoms with Gasteiger partial charge in [0, 0.05) is 21.9 Å². The highest BCUT2D eigenvalue weighted by molar-refractivity contribution is 8.01. The van der Waals surface area contributed by atoms with Crippen LogP contribution in [-0.2, 0) is 9.59 Å². The van der Waals surface area contributed by atoms with E-state index < -0.39 is 16.8 Å². The first kappa shape index (κ1) is 21.8. The fourth-order valence-electron chi connectivity index (χ4n) is 4.24. The summed E-state index contributed by atoms with van der Waals surface area (Å²) in [5.74, 6) is -0.538. The van der Waals surface area contributed by atoms with Gasteiger partial charge in [-0.05, 0) is 37.8 Å². The Bertz CT molecular complexity index is 1010. The van der Waals surface area contributed by atoms with Crippen LogP contribution >= 0.6 is 23.1 Å². The molecule has 2 aromatic rings. The van der Waals surface area contributed by atoms with Crippen LogP contribution in [0.4, 0.5) is 5.13 Å². The number of nitrogens with one attached hydrogen (secondary N) is 2. The first-order valence-electron chi connectivity index (χ1n) is 10.3. The van der Waals surface area contributed by atoms with Gasteiger partial charge in [-0.15, -0.1) is 23.1 Å².